The van der Waals surface area contributed by atoms with Crippen LogP contribution in [0.5, 0.6) is 0 Å². The molecule has 128 valence electrons. The summed E-state index contributed by atoms with van der Waals surface area (Å²) in [5, 5.41) is 15.1. The molecule has 4 nitrogen and oxygen atoms in total. The van der Waals surface area contributed by atoms with Gasteiger partial charge in [0.25, 0.3) is 5.69 Å². The largest absolute Gasteiger partial charge is 0.378 e. The number of nitrogens with one attached hydrogen (secondary N) is 1. The molecule has 0 aromatic heterocycles. The minimum atomic E-state index is -0.415. The lowest BCUT2D eigenvalue weighted by Gasteiger charge is -2.38. The molecule has 3 atom stereocenters. The van der Waals surface area contributed by atoms with Gasteiger partial charge in [-0.3, -0.25) is 10.1 Å². The maximum absolute atomic E-state index is 11.3. The Morgan fingerprint density at radius 2 is 2.04 bits per heavy atom. The van der Waals surface area contributed by atoms with Crippen LogP contribution in [0.1, 0.15) is 40.6 Å². The van der Waals surface area contributed by atoms with E-state index in [1.54, 1.807) is 12.1 Å². The van der Waals surface area contributed by atoms with E-state index in [9.17, 15) is 10.1 Å². The summed E-state index contributed by atoms with van der Waals surface area (Å²) in [6.45, 7) is 4.25. The van der Waals surface area contributed by atoms with Gasteiger partial charge in [-0.2, -0.15) is 0 Å². The smallest absolute Gasteiger partial charge is 0.288 e. The first-order valence-corrected chi connectivity index (χ1v) is 8.81. The number of nitro groups is 1. The van der Waals surface area contributed by atoms with E-state index in [2.05, 4.69) is 43.4 Å². The molecule has 0 bridgehead atoms. The third-order valence-electron chi connectivity index (χ3n) is 5.34. The minimum absolute atomic E-state index is 0.0321. The molecule has 0 saturated carbocycles. The number of benzene rings is 2. The highest BCUT2D eigenvalue weighted by Gasteiger charge is 2.39. The Bertz CT molecular complexity index is 907. The van der Waals surface area contributed by atoms with Gasteiger partial charge in [-0.05, 0) is 60.6 Å². The Labute approximate surface area is 151 Å². The van der Waals surface area contributed by atoms with Crippen LogP contribution in [0.2, 0.25) is 5.02 Å². The van der Waals surface area contributed by atoms with Gasteiger partial charge in [0.05, 0.1) is 11.0 Å². The van der Waals surface area contributed by atoms with Gasteiger partial charge < -0.3 is 5.32 Å². The summed E-state index contributed by atoms with van der Waals surface area (Å²) >= 11 is 5.99. The molecule has 0 saturated heterocycles. The number of nitrogens with zero attached hydrogens (tertiary/aromatic N) is 1. The molecule has 2 aromatic carbocycles. The zero-order chi connectivity index (χ0) is 17.7. The van der Waals surface area contributed by atoms with Crippen LogP contribution in [0, 0.1) is 29.9 Å². The van der Waals surface area contributed by atoms with E-state index in [1.165, 1.54) is 16.7 Å². The molecule has 1 heterocycles. The van der Waals surface area contributed by atoms with Gasteiger partial charge in [-0.25, -0.2) is 0 Å². The van der Waals surface area contributed by atoms with Gasteiger partial charge >= 0.3 is 0 Å². The highest BCUT2D eigenvalue weighted by atomic mass is 35.5. The molecular weight excluding hydrogens is 336 g/mol. The van der Waals surface area contributed by atoms with Gasteiger partial charge in [0.2, 0.25) is 0 Å². The summed E-state index contributed by atoms with van der Waals surface area (Å²) in [6.07, 6.45) is 5.47. The fourth-order valence-corrected chi connectivity index (χ4v) is 4.52. The van der Waals surface area contributed by atoms with Gasteiger partial charge in [0.1, 0.15) is 5.02 Å². The minimum Gasteiger partial charge on any atom is -0.378 e. The molecule has 0 amide bonds. The van der Waals surface area contributed by atoms with Gasteiger partial charge in [0, 0.05) is 17.7 Å². The van der Waals surface area contributed by atoms with Crippen LogP contribution in [0.3, 0.4) is 0 Å². The van der Waals surface area contributed by atoms with Crippen molar-refractivity contribution in [3.05, 3.63) is 79.9 Å². The van der Waals surface area contributed by atoms with Crippen LogP contribution in [0.15, 0.2) is 42.5 Å². The van der Waals surface area contributed by atoms with Crippen molar-refractivity contribution in [1.82, 2.24) is 0 Å². The van der Waals surface area contributed by atoms with Crippen LogP contribution in [0.4, 0.5) is 11.4 Å². The number of aryl methyl sites for hydroxylation is 2. The van der Waals surface area contributed by atoms with E-state index in [0.29, 0.717) is 11.8 Å². The van der Waals surface area contributed by atoms with Gasteiger partial charge in [0.15, 0.2) is 0 Å². The van der Waals surface area contributed by atoms with Crippen LogP contribution in [-0.4, -0.2) is 4.92 Å². The molecule has 0 spiro atoms. The van der Waals surface area contributed by atoms with Crippen molar-refractivity contribution in [3.63, 3.8) is 0 Å². The summed E-state index contributed by atoms with van der Waals surface area (Å²) in [6, 6.07) is 9.56. The Morgan fingerprint density at radius 3 is 2.80 bits per heavy atom. The molecular formula is C20H19ClN2O2. The van der Waals surface area contributed by atoms with Crippen molar-refractivity contribution in [2.45, 2.75) is 32.2 Å². The normalized spacial score (nSPS) is 23.7. The molecule has 0 fully saturated rings. The highest BCUT2D eigenvalue weighted by Crippen LogP contribution is 2.51. The topological polar surface area (TPSA) is 55.2 Å². The monoisotopic (exact) mass is 354 g/mol. The van der Waals surface area contributed by atoms with E-state index < -0.39 is 4.92 Å². The van der Waals surface area contributed by atoms with E-state index in [-0.39, 0.29) is 16.8 Å². The third-order valence-corrected chi connectivity index (χ3v) is 5.66. The number of hydrogen-bond donors (Lipinski definition) is 1. The first kappa shape index (κ1) is 16.2. The molecule has 25 heavy (non-hydrogen) atoms. The Kier molecular flexibility index (Phi) is 3.80. The second kappa shape index (κ2) is 5.88. The third kappa shape index (κ3) is 2.61. The summed E-state index contributed by atoms with van der Waals surface area (Å²) in [5.41, 5.74) is 5.88. The van der Waals surface area contributed by atoms with Crippen molar-refractivity contribution < 1.29 is 4.92 Å². The number of nitro benzene ring substituents is 1. The SMILES string of the molecule is Cc1cc(C)c2c(c1)N[C@H](c1ccc(Cl)c([N+](=O)[O-])c1)[C@@H]1CC=C[C@@H]21. The fraction of sp³-hybridized carbons (Fsp3) is 0.300. The van der Waals surface area contributed by atoms with Crippen molar-refractivity contribution in [3.8, 4) is 0 Å². The average molecular weight is 355 g/mol. The van der Waals surface area contributed by atoms with E-state index in [0.717, 1.165) is 17.7 Å². The van der Waals surface area contributed by atoms with E-state index >= 15 is 0 Å². The Morgan fingerprint density at radius 1 is 1.24 bits per heavy atom. The summed E-state index contributed by atoms with van der Waals surface area (Å²) in [5.74, 6) is 0.700. The number of anilines is 1. The van der Waals surface area contributed by atoms with Crippen molar-refractivity contribution in [2.24, 2.45) is 5.92 Å². The second-order valence-electron chi connectivity index (χ2n) is 6.99. The van der Waals surface area contributed by atoms with Crippen molar-refractivity contribution in [2.75, 3.05) is 5.32 Å². The Hall–Kier alpha value is -2.33. The standard InChI is InChI=1S/C20H19ClN2O2/c1-11-8-12(2)19-14-4-3-5-15(14)20(22-17(19)9-11)13-6-7-16(21)18(10-13)23(24)25/h3-4,6-10,14-15,20,22H,5H2,1-2H3/t14-,15-,20-/m1/s1. The lowest BCUT2D eigenvalue weighted by Crippen LogP contribution is -2.29. The maximum atomic E-state index is 11.3. The molecule has 1 N–H and O–H groups in total. The highest BCUT2D eigenvalue weighted by molar-refractivity contribution is 6.32. The number of halogens is 1. The molecule has 2 aliphatic rings. The molecule has 1 aliphatic heterocycles. The molecule has 4 rings (SSSR count). The van der Waals surface area contributed by atoms with Crippen LogP contribution in [-0.2, 0) is 0 Å². The molecule has 1 aliphatic carbocycles. The Balaban J connectivity index is 1.82. The second-order valence-corrected chi connectivity index (χ2v) is 7.39. The summed E-state index contributed by atoms with van der Waals surface area (Å²) < 4.78 is 0. The number of fused-ring (bicyclic) bond motifs is 3. The van der Waals surface area contributed by atoms with Gasteiger partial charge in [-0.1, -0.05) is 35.9 Å². The van der Waals surface area contributed by atoms with Crippen molar-refractivity contribution in [1.29, 1.82) is 0 Å². The zero-order valence-electron chi connectivity index (χ0n) is 14.1. The molecule has 0 unspecified atom stereocenters. The predicted molar refractivity (Wildman–Crippen MR) is 100 cm³/mol. The van der Waals surface area contributed by atoms with Gasteiger partial charge in [-0.15, -0.1) is 0 Å². The zero-order valence-corrected chi connectivity index (χ0v) is 14.9. The first-order valence-electron chi connectivity index (χ1n) is 8.44. The number of allylic oxidation sites excluding steroid dienone is 2. The van der Waals surface area contributed by atoms with Crippen LogP contribution < -0.4 is 5.32 Å². The van der Waals surface area contributed by atoms with Crippen LogP contribution >= 0.6 is 11.6 Å². The number of rotatable bonds is 2. The molecule has 2 aromatic rings. The fourth-order valence-electron chi connectivity index (χ4n) is 4.33. The lowest BCUT2D eigenvalue weighted by atomic mass is 9.75. The van der Waals surface area contributed by atoms with Crippen LogP contribution in [0.25, 0.3) is 0 Å². The average Bonchev–Trinajstić information content (AvgIpc) is 3.03. The first-order chi connectivity index (χ1) is 12.0. The summed E-state index contributed by atoms with van der Waals surface area (Å²) in [4.78, 5) is 10.8. The predicted octanol–water partition coefficient (Wildman–Crippen LogP) is 5.69. The van der Waals surface area contributed by atoms with E-state index in [4.69, 9.17) is 11.6 Å². The molecule has 5 heteroatoms. The molecule has 0 radical (unpaired) electrons. The van der Waals surface area contributed by atoms with E-state index in [1.807, 2.05) is 6.07 Å². The van der Waals surface area contributed by atoms with Crippen molar-refractivity contribution >= 4 is 23.0 Å². The maximum Gasteiger partial charge on any atom is 0.288 e. The number of hydrogen-bond acceptors (Lipinski definition) is 3. The quantitative estimate of drug-likeness (QED) is 0.428. The lowest BCUT2D eigenvalue weighted by molar-refractivity contribution is -0.384. The summed E-state index contributed by atoms with van der Waals surface area (Å²) in [7, 11) is 0.